The van der Waals surface area contributed by atoms with Crippen molar-refractivity contribution in [1.29, 1.82) is 0 Å². The summed E-state index contributed by atoms with van der Waals surface area (Å²) in [6, 6.07) is 22.8. The van der Waals surface area contributed by atoms with Crippen LogP contribution in [-0.4, -0.2) is 32.3 Å². The number of halogens is 1. The van der Waals surface area contributed by atoms with Crippen LogP contribution in [0.2, 0.25) is 0 Å². The summed E-state index contributed by atoms with van der Waals surface area (Å²) < 4.78 is 17.5. The molecule has 0 aromatic heterocycles. The molecular formula is C25H26BrNO4. The van der Waals surface area contributed by atoms with Gasteiger partial charge in [0.25, 0.3) is 5.91 Å². The van der Waals surface area contributed by atoms with E-state index in [-0.39, 0.29) is 5.91 Å². The molecule has 31 heavy (non-hydrogen) atoms. The Morgan fingerprint density at radius 1 is 0.903 bits per heavy atom. The lowest BCUT2D eigenvalue weighted by molar-refractivity contribution is 0.102. The second-order valence-electron chi connectivity index (χ2n) is 6.76. The molecule has 0 heterocycles. The lowest BCUT2D eigenvalue weighted by Gasteiger charge is -2.11. The van der Waals surface area contributed by atoms with Crippen molar-refractivity contribution in [1.82, 2.24) is 0 Å². The maximum Gasteiger partial charge on any atom is 0.255 e. The van der Waals surface area contributed by atoms with E-state index in [1.54, 1.807) is 24.3 Å². The second-order valence-corrected chi connectivity index (χ2v) is 7.61. The molecule has 0 aliphatic heterocycles. The minimum Gasteiger partial charge on any atom is -0.492 e. The van der Waals surface area contributed by atoms with Gasteiger partial charge in [-0.25, -0.2) is 0 Å². The molecule has 0 radical (unpaired) electrons. The highest BCUT2D eigenvalue weighted by Crippen LogP contribution is 2.27. The van der Waals surface area contributed by atoms with Gasteiger partial charge in [0.2, 0.25) is 0 Å². The van der Waals surface area contributed by atoms with E-state index in [1.165, 1.54) is 5.56 Å². The standard InChI is InChI=1S/C25H26BrNO4/c1-2-29-15-16-30-22-10-6-9-21(18-22)27-25(28)20-11-12-24(23(26)17-20)31-14-13-19-7-4-3-5-8-19/h3-12,17-18H,2,13-16H2,1H3,(H,27,28). The summed E-state index contributed by atoms with van der Waals surface area (Å²) >= 11 is 3.50. The molecular weight excluding hydrogens is 458 g/mol. The monoisotopic (exact) mass is 483 g/mol. The number of carbonyl (C=O) groups is 1. The van der Waals surface area contributed by atoms with Crippen LogP contribution in [0.25, 0.3) is 0 Å². The molecule has 3 aromatic carbocycles. The molecule has 0 atom stereocenters. The molecule has 3 rings (SSSR count). The van der Waals surface area contributed by atoms with Gasteiger partial charge in [-0.05, 0) is 58.7 Å². The zero-order valence-electron chi connectivity index (χ0n) is 17.5. The number of anilines is 1. The summed E-state index contributed by atoms with van der Waals surface area (Å²) in [6.07, 6.45) is 0.818. The van der Waals surface area contributed by atoms with E-state index in [0.29, 0.717) is 49.2 Å². The summed E-state index contributed by atoms with van der Waals surface area (Å²) in [6.45, 7) is 4.15. The van der Waals surface area contributed by atoms with Crippen molar-refractivity contribution in [2.24, 2.45) is 0 Å². The average molecular weight is 484 g/mol. The molecule has 3 aromatic rings. The highest BCUT2D eigenvalue weighted by molar-refractivity contribution is 9.10. The predicted octanol–water partition coefficient (Wildman–Crippen LogP) is 5.74. The van der Waals surface area contributed by atoms with Gasteiger partial charge < -0.3 is 19.5 Å². The van der Waals surface area contributed by atoms with Crippen molar-refractivity contribution in [3.63, 3.8) is 0 Å². The Morgan fingerprint density at radius 2 is 1.74 bits per heavy atom. The number of rotatable bonds is 11. The molecule has 0 spiro atoms. The van der Waals surface area contributed by atoms with Crippen LogP contribution in [0.5, 0.6) is 11.5 Å². The van der Waals surface area contributed by atoms with Gasteiger partial charge in [-0.3, -0.25) is 4.79 Å². The van der Waals surface area contributed by atoms with Crippen LogP contribution in [0, 0.1) is 0 Å². The number of carbonyl (C=O) groups excluding carboxylic acids is 1. The Hall–Kier alpha value is -2.83. The summed E-state index contributed by atoms with van der Waals surface area (Å²) in [5.74, 6) is 1.18. The first-order valence-electron chi connectivity index (χ1n) is 10.2. The quantitative estimate of drug-likeness (QED) is 0.353. The number of benzene rings is 3. The van der Waals surface area contributed by atoms with Crippen molar-refractivity contribution < 1.29 is 19.0 Å². The van der Waals surface area contributed by atoms with Crippen LogP contribution < -0.4 is 14.8 Å². The Kier molecular flexibility index (Phi) is 8.94. The zero-order valence-corrected chi connectivity index (χ0v) is 19.1. The molecule has 0 unspecified atom stereocenters. The van der Waals surface area contributed by atoms with Gasteiger partial charge in [-0.1, -0.05) is 36.4 Å². The van der Waals surface area contributed by atoms with Crippen molar-refractivity contribution in [2.45, 2.75) is 13.3 Å². The summed E-state index contributed by atoms with van der Waals surface area (Å²) in [4.78, 5) is 12.7. The van der Waals surface area contributed by atoms with Gasteiger partial charge >= 0.3 is 0 Å². The summed E-state index contributed by atoms with van der Waals surface area (Å²) in [5.41, 5.74) is 2.42. The third-order valence-corrected chi connectivity index (χ3v) is 5.10. The van der Waals surface area contributed by atoms with E-state index in [0.717, 1.165) is 10.9 Å². The van der Waals surface area contributed by atoms with E-state index < -0.39 is 0 Å². The fourth-order valence-corrected chi connectivity index (χ4v) is 3.41. The van der Waals surface area contributed by atoms with Crippen LogP contribution in [0.3, 0.4) is 0 Å². The summed E-state index contributed by atoms with van der Waals surface area (Å²) in [5, 5.41) is 2.90. The normalized spacial score (nSPS) is 10.5. The highest BCUT2D eigenvalue weighted by Gasteiger charge is 2.10. The second kappa shape index (κ2) is 12.1. The molecule has 0 saturated carbocycles. The SMILES string of the molecule is CCOCCOc1cccc(NC(=O)c2ccc(OCCc3ccccc3)c(Br)c2)c1. The number of nitrogens with one attached hydrogen (secondary N) is 1. The Bertz CT molecular complexity index is 978. The predicted molar refractivity (Wildman–Crippen MR) is 126 cm³/mol. The van der Waals surface area contributed by atoms with Crippen molar-refractivity contribution >= 4 is 27.5 Å². The van der Waals surface area contributed by atoms with Gasteiger partial charge in [0.15, 0.2) is 0 Å². The molecule has 1 amide bonds. The smallest absolute Gasteiger partial charge is 0.255 e. The molecule has 0 aliphatic carbocycles. The number of hydrogen-bond acceptors (Lipinski definition) is 4. The first-order chi connectivity index (χ1) is 15.2. The minimum absolute atomic E-state index is 0.206. The summed E-state index contributed by atoms with van der Waals surface area (Å²) in [7, 11) is 0. The number of hydrogen-bond donors (Lipinski definition) is 1. The maximum absolute atomic E-state index is 12.7. The van der Waals surface area contributed by atoms with Gasteiger partial charge in [0.05, 0.1) is 17.7 Å². The molecule has 0 aliphatic rings. The molecule has 6 heteroatoms. The van der Waals surface area contributed by atoms with E-state index >= 15 is 0 Å². The van der Waals surface area contributed by atoms with Crippen LogP contribution in [0.15, 0.2) is 77.3 Å². The van der Waals surface area contributed by atoms with Crippen LogP contribution >= 0.6 is 15.9 Å². The molecule has 0 fully saturated rings. The van der Waals surface area contributed by atoms with Crippen molar-refractivity contribution in [3.05, 3.63) is 88.4 Å². The number of amides is 1. The van der Waals surface area contributed by atoms with Crippen LogP contribution in [0.1, 0.15) is 22.8 Å². The molecule has 162 valence electrons. The number of ether oxygens (including phenoxy) is 3. The lowest BCUT2D eigenvalue weighted by atomic mass is 10.1. The first-order valence-corrected chi connectivity index (χ1v) is 11.0. The lowest BCUT2D eigenvalue weighted by Crippen LogP contribution is -2.12. The van der Waals surface area contributed by atoms with Crippen LogP contribution in [-0.2, 0) is 11.2 Å². The maximum atomic E-state index is 12.7. The molecule has 0 saturated heterocycles. The fourth-order valence-electron chi connectivity index (χ4n) is 2.91. The third kappa shape index (κ3) is 7.42. The Labute approximate surface area is 191 Å². The third-order valence-electron chi connectivity index (χ3n) is 4.48. The van der Waals surface area contributed by atoms with E-state index in [1.807, 2.05) is 43.3 Å². The highest BCUT2D eigenvalue weighted by atomic mass is 79.9. The Balaban J connectivity index is 1.54. The van der Waals surface area contributed by atoms with Crippen molar-refractivity contribution in [2.75, 3.05) is 31.7 Å². The van der Waals surface area contributed by atoms with Gasteiger partial charge in [-0.15, -0.1) is 0 Å². The van der Waals surface area contributed by atoms with E-state index in [2.05, 4.69) is 33.4 Å². The van der Waals surface area contributed by atoms with Crippen molar-refractivity contribution in [3.8, 4) is 11.5 Å². The average Bonchev–Trinajstić information content (AvgIpc) is 2.79. The zero-order chi connectivity index (χ0) is 21.9. The Morgan fingerprint density at radius 3 is 2.52 bits per heavy atom. The van der Waals surface area contributed by atoms with E-state index in [9.17, 15) is 4.79 Å². The van der Waals surface area contributed by atoms with Gasteiger partial charge in [-0.2, -0.15) is 0 Å². The fraction of sp³-hybridized carbons (Fsp3) is 0.240. The topological polar surface area (TPSA) is 56.8 Å². The molecule has 0 bridgehead atoms. The molecule has 1 N–H and O–H groups in total. The van der Waals surface area contributed by atoms with Crippen LogP contribution in [0.4, 0.5) is 5.69 Å². The van der Waals surface area contributed by atoms with Gasteiger partial charge in [0, 0.05) is 30.3 Å². The minimum atomic E-state index is -0.206. The molecule has 5 nitrogen and oxygen atoms in total. The first kappa shape index (κ1) is 22.8. The largest absolute Gasteiger partial charge is 0.492 e. The van der Waals surface area contributed by atoms with Gasteiger partial charge in [0.1, 0.15) is 18.1 Å². The van der Waals surface area contributed by atoms with E-state index in [4.69, 9.17) is 14.2 Å².